The van der Waals surface area contributed by atoms with Gasteiger partial charge in [-0.25, -0.2) is 0 Å². The van der Waals surface area contributed by atoms with Crippen molar-refractivity contribution in [2.24, 2.45) is 5.10 Å². The van der Waals surface area contributed by atoms with Gasteiger partial charge in [-0.1, -0.05) is 17.7 Å². The maximum Gasteiger partial charge on any atom is 0.278 e. The van der Waals surface area contributed by atoms with Crippen LogP contribution in [0.4, 0.5) is 0 Å². The van der Waals surface area contributed by atoms with E-state index >= 15 is 0 Å². The average molecular weight is 318 g/mol. The second-order valence-electron chi connectivity index (χ2n) is 4.77. The molecular weight excluding hydrogens is 300 g/mol. The van der Waals surface area contributed by atoms with E-state index in [9.17, 15) is 8.42 Å². The van der Waals surface area contributed by atoms with E-state index in [2.05, 4.69) is 5.10 Å². The summed E-state index contributed by atoms with van der Waals surface area (Å²) in [6.07, 6.45) is 1.49. The third kappa shape index (κ3) is 3.65. The average Bonchev–Trinajstić information content (AvgIpc) is 2.53. The van der Waals surface area contributed by atoms with E-state index in [1.54, 1.807) is 55.6 Å². The summed E-state index contributed by atoms with van der Waals surface area (Å²) >= 11 is 0. The molecule has 22 heavy (non-hydrogen) atoms. The van der Waals surface area contributed by atoms with E-state index in [0.717, 1.165) is 21.3 Å². The van der Waals surface area contributed by atoms with Crippen molar-refractivity contribution in [2.75, 3.05) is 14.2 Å². The highest BCUT2D eigenvalue weighted by molar-refractivity contribution is 7.89. The Balaban J connectivity index is 2.17. The molecule has 0 amide bonds. The Bertz CT molecular complexity index is 751. The van der Waals surface area contributed by atoms with Crippen molar-refractivity contribution in [3.63, 3.8) is 0 Å². The summed E-state index contributed by atoms with van der Waals surface area (Å²) in [4.78, 5) is 0.215. The van der Waals surface area contributed by atoms with Crippen LogP contribution in [0, 0.1) is 6.92 Å². The minimum absolute atomic E-state index is 0.215. The molecule has 0 radical (unpaired) electrons. The molecule has 0 saturated heterocycles. The van der Waals surface area contributed by atoms with Crippen molar-refractivity contribution in [3.8, 4) is 5.75 Å². The third-order valence-corrected chi connectivity index (χ3v) is 4.81. The predicted molar refractivity (Wildman–Crippen MR) is 86.7 cm³/mol. The zero-order valence-corrected chi connectivity index (χ0v) is 13.5. The van der Waals surface area contributed by atoms with Gasteiger partial charge in [0, 0.05) is 7.05 Å². The minimum atomic E-state index is -3.63. The first-order valence-corrected chi connectivity index (χ1v) is 8.11. The first-order valence-electron chi connectivity index (χ1n) is 6.67. The van der Waals surface area contributed by atoms with Crippen LogP contribution >= 0.6 is 0 Å². The number of sulfonamides is 1. The van der Waals surface area contributed by atoms with Crippen LogP contribution in [0.15, 0.2) is 58.5 Å². The molecule has 0 heterocycles. The number of rotatable bonds is 5. The van der Waals surface area contributed by atoms with Gasteiger partial charge in [-0.15, -0.1) is 0 Å². The first kappa shape index (κ1) is 16.0. The first-order chi connectivity index (χ1) is 10.4. The molecule has 0 fully saturated rings. The molecule has 2 aromatic carbocycles. The van der Waals surface area contributed by atoms with E-state index in [1.165, 1.54) is 13.3 Å². The Morgan fingerprint density at radius 3 is 2.18 bits per heavy atom. The van der Waals surface area contributed by atoms with Crippen molar-refractivity contribution in [2.45, 2.75) is 11.8 Å². The fourth-order valence-electron chi connectivity index (χ4n) is 1.76. The van der Waals surface area contributed by atoms with E-state index in [0.29, 0.717) is 0 Å². The van der Waals surface area contributed by atoms with Crippen LogP contribution in [0.25, 0.3) is 0 Å². The maximum atomic E-state index is 12.4. The fraction of sp³-hybridized carbons (Fsp3) is 0.188. The van der Waals surface area contributed by atoms with E-state index in [4.69, 9.17) is 4.74 Å². The van der Waals surface area contributed by atoms with Gasteiger partial charge in [0.25, 0.3) is 10.0 Å². The SMILES string of the molecule is COc1ccc(/C=N/N(C)S(=O)(=O)c2ccc(C)cc2)cc1. The minimum Gasteiger partial charge on any atom is -0.497 e. The Hall–Kier alpha value is -2.34. The quantitative estimate of drug-likeness (QED) is 0.629. The van der Waals surface area contributed by atoms with Crippen LogP contribution in [0.5, 0.6) is 5.75 Å². The predicted octanol–water partition coefficient (Wildman–Crippen LogP) is 2.66. The lowest BCUT2D eigenvalue weighted by atomic mass is 10.2. The van der Waals surface area contributed by atoms with Crippen molar-refractivity contribution in [1.29, 1.82) is 0 Å². The number of hydrogen-bond acceptors (Lipinski definition) is 4. The molecule has 0 aliphatic carbocycles. The monoisotopic (exact) mass is 318 g/mol. The van der Waals surface area contributed by atoms with Gasteiger partial charge in [0.05, 0.1) is 18.2 Å². The van der Waals surface area contributed by atoms with E-state index in [-0.39, 0.29) is 4.90 Å². The molecule has 6 heteroatoms. The normalized spacial score (nSPS) is 11.6. The number of hydrogen-bond donors (Lipinski definition) is 0. The second kappa shape index (κ2) is 6.62. The van der Waals surface area contributed by atoms with Crippen LogP contribution < -0.4 is 4.74 Å². The molecule has 0 aromatic heterocycles. The van der Waals surface area contributed by atoms with Crippen molar-refractivity contribution in [3.05, 3.63) is 59.7 Å². The van der Waals surface area contributed by atoms with E-state index in [1.807, 2.05) is 6.92 Å². The number of methoxy groups -OCH3 is 1. The second-order valence-corrected chi connectivity index (χ2v) is 6.72. The number of aryl methyl sites for hydroxylation is 1. The Morgan fingerprint density at radius 1 is 1.05 bits per heavy atom. The molecule has 0 aliphatic rings. The third-order valence-electron chi connectivity index (χ3n) is 3.15. The largest absolute Gasteiger partial charge is 0.497 e. The molecule has 0 atom stereocenters. The number of hydrazone groups is 1. The summed E-state index contributed by atoms with van der Waals surface area (Å²) in [5.74, 6) is 0.734. The molecule has 0 N–H and O–H groups in total. The van der Waals surface area contributed by atoms with E-state index < -0.39 is 10.0 Å². The van der Waals surface area contributed by atoms with Crippen molar-refractivity contribution in [1.82, 2.24) is 4.41 Å². The van der Waals surface area contributed by atoms with Crippen LogP contribution in [0.1, 0.15) is 11.1 Å². The Labute approximate surface area is 130 Å². The molecule has 0 unspecified atom stereocenters. The lowest BCUT2D eigenvalue weighted by Crippen LogP contribution is -2.21. The molecule has 116 valence electrons. The Kier molecular flexibility index (Phi) is 4.82. The lowest BCUT2D eigenvalue weighted by molar-refractivity contribution is 0.415. The van der Waals surface area contributed by atoms with Crippen LogP contribution in [0.2, 0.25) is 0 Å². The van der Waals surface area contributed by atoms with Gasteiger partial charge in [-0.05, 0) is 48.9 Å². The van der Waals surface area contributed by atoms with Crippen LogP contribution in [-0.2, 0) is 10.0 Å². The van der Waals surface area contributed by atoms with Crippen molar-refractivity contribution >= 4 is 16.2 Å². The summed E-state index contributed by atoms with van der Waals surface area (Å²) in [6.45, 7) is 1.90. The highest BCUT2D eigenvalue weighted by Crippen LogP contribution is 2.15. The molecule has 0 aliphatic heterocycles. The maximum absolute atomic E-state index is 12.4. The molecule has 0 spiro atoms. The summed E-state index contributed by atoms with van der Waals surface area (Å²) in [7, 11) is -0.628. The van der Waals surface area contributed by atoms with Gasteiger partial charge >= 0.3 is 0 Å². The molecular formula is C16H18N2O3S. The Morgan fingerprint density at radius 2 is 1.64 bits per heavy atom. The number of benzene rings is 2. The highest BCUT2D eigenvalue weighted by atomic mass is 32.2. The summed E-state index contributed by atoms with van der Waals surface area (Å²) < 4.78 is 30.7. The summed E-state index contributed by atoms with van der Waals surface area (Å²) in [6, 6.07) is 13.8. The van der Waals surface area contributed by atoms with Gasteiger partial charge in [-0.2, -0.15) is 17.9 Å². The van der Waals surface area contributed by atoms with Gasteiger partial charge in [0.1, 0.15) is 5.75 Å². The lowest BCUT2D eigenvalue weighted by Gasteiger charge is -2.13. The zero-order valence-electron chi connectivity index (χ0n) is 12.7. The van der Waals surface area contributed by atoms with Gasteiger partial charge < -0.3 is 4.74 Å². The van der Waals surface area contributed by atoms with Crippen LogP contribution in [-0.4, -0.2) is 33.2 Å². The summed E-state index contributed by atoms with van der Waals surface area (Å²) in [5.41, 5.74) is 1.79. The molecule has 2 aromatic rings. The highest BCUT2D eigenvalue weighted by Gasteiger charge is 2.18. The van der Waals surface area contributed by atoms with Gasteiger partial charge in [0.15, 0.2) is 0 Å². The fourth-order valence-corrected chi connectivity index (χ4v) is 2.72. The van der Waals surface area contributed by atoms with Crippen molar-refractivity contribution < 1.29 is 13.2 Å². The smallest absolute Gasteiger partial charge is 0.278 e. The molecule has 0 saturated carbocycles. The standard InChI is InChI=1S/C16H18N2O3S/c1-13-4-10-16(11-5-13)22(19,20)18(2)17-12-14-6-8-15(21-3)9-7-14/h4-12H,1-3H3/b17-12+. The topological polar surface area (TPSA) is 59.0 Å². The number of nitrogens with zero attached hydrogens (tertiary/aromatic N) is 2. The molecule has 0 bridgehead atoms. The number of ether oxygens (including phenoxy) is 1. The molecule has 5 nitrogen and oxygen atoms in total. The van der Waals surface area contributed by atoms with Gasteiger partial charge in [-0.3, -0.25) is 0 Å². The molecule has 2 rings (SSSR count). The summed E-state index contributed by atoms with van der Waals surface area (Å²) in [5, 5.41) is 4.00. The van der Waals surface area contributed by atoms with Gasteiger partial charge in [0.2, 0.25) is 0 Å². The zero-order chi connectivity index (χ0) is 16.2. The van der Waals surface area contributed by atoms with Crippen LogP contribution in [0.3, 0.4) is 0 Å².